The van der Waals surface area contributed by atoms with E-state index in [2.05, 4.69) is 22.4 Å². The molecule has 1 saturated heterocycles. The van der Waals surface area contributed by atoms with E-state index in [9.17, 15) is 9.59 Å². The number of piperazine rings is 1. The normalized spacial score (nSPS) is 15.5. The standard InChI is InChI=1S/C19H20ClN3O3S/c20-14-3-4-16-17(12-14)26-19(25)23(16)6-5-18(24)22-9-7-21(8-10-22)13-15-2-1-11-27-15/h1-4,11-12H,5-10,13H2. The van der Waals surface area contributed by atoms with Crippen LogP contribution in [0.3, 0.4) is 0 Å². The van der Waals surface area contributed by atoms with E-state index >= 15 is 0 Å². The van der Waals surface area contributed by atoms with Crippen molar-refractivity contribution in [2.24, 2.45) is 0 Å². The minimum Gasteiger partial charge on any atom is -0.408 e. The largest absolute Gasteiger partial charge is 0.419 e. The molecule has 8 heteroatoms. The molecule has 27 heavy (non-hydrogen) atoms. The predicted molar refractivity (Wildman–Crippen MR) is 106 cm³/mol. The maximum absolute atomic E-state index is 12.6. The number of amides is 1. The second kappa shape index (κ2) is 7.88. The average molecular weight is 406 g/mol. The molecule has 6 nitrogen and oxygen atoms in total. The first kappa shape index (κ1) is 18.3. The van der Waals surface area contributed by atoms with E-state index in [0.29, 0.717) is 22.7 Å². The van der Waals surface area contributed by atoms with Gasteiger partial charge in [0, 0.05) is 61.7 Å². The van der Waals surface area contributed by atoms with Gasteiger partial charge in [-0.25, -0.2) is 4.79 Å². The van der Waals surface area contributed by atoms with Crippen LogP contribution < -0.4 is 5.76 Å². The number of aromatic nitrogens is 1. The molecule has 1 aromatic carbocycles. The molecule has 1 amide bonds. The Hall–Kier alpha value is -2.09. The monoisotopic (exact) mass is 405 g/mol. The van der Waals surface area contributed by atoms with Crippen molar-refractivity contribution in [2.45, 2.75) is 19.5 Å². The van der Waals surface area contributed by atoms with Gasteiger partial charge in [0.1, 0.15) is 0 Å². The second-order valence-electron chi connectivity index (χ2n) is 6.62. The summed E-state index contributed by atoms with van der Waals surface area (Å²) in [6.45, 7) is 4.44. The molecule has 0 atom stereocenters. The predicted octanol–water partition coefficient (Wildman–Crippen LogP) is 3.04. The fraction of sp³-hybridized carbons (Fsp3) is 0.368. The highest BCUT2D eigenvalue weighted by atomic mass is 35.5. The van der Waals surface area contributed by atoms with Crippen molar-refractivity contribution in [3.05, 3.63) is 56.2 Å². The van der Waals surface area contributed by atoms with Crippen LogP contribution in [0, 0.1) is 0 Å². The number of aryl methyl sites for hydroxylation is 1. The summed E-state index contributed by atoms with van der Waals surface area (Å²) in [5.41, 5.74) is 1.11. The number of carbonyl (C=O) groups excluding carboxylic acids is 1. The van der Waals surface area contributed by atoms with Gasteiger partial charge in [-0.3, -0.25) is 14.3 Å². The number of fused-ring (bicyclic) bond motifs is 1. The minimum absolute atomic E-state index is 0.0704. The smallest absolute Gasteiger partial charge is 0.408 e. The zero-order valence-electron chi connectivity index (χ0n) is 14.8. The van der Waals surface area contributed by atoms with Gasteiger partial charge in [-0.15, -0.1) is 11.3 Å². The van der Waals surface area contributed by atoms with Gasteiger partial charge in [0.05, 0.1) is 5.52 Å². The molecular formula is C19H20ClN3O3S. The molecule has 0 unspecified atom stereocenters. The van der Waals surface area contributed by atoms with Gasteiger partial charge in [-0.2, -0.15) is 0 Å². The van der Waals surface area contributed by atoms with Crippen molar-refractivity contribution in [1.82, 2.24) is 14.4 Å². The SMILES string of the molecule is O=C(CCn1c(=O)oc2cc(Cl)ccc21)N1CCN(Cc2cccs2)CC1. The summed E-state index contributed by atoms with van der Waals surface area (Å²) in [4.78, 5) is 30.2. The van der Waals surface area contributed by atoms with Gasteiger partial charge in [-0.05, 0) is 23.6 Å². The Balaban J connectivity index is 1.33. The van der Waals surface area contributed by atoms with Crippen molar-refractivity contribution >= 4 is 39.9 Å². The molecule has 1 fully saturated rings. The van der Waals surface area contributed by atoms with Gasteiger partial charge in [0.25, 0.3) is 0 Å². The number of nitrogens with zero attached hydrogens (tertiary/aromatic N) is 3. The topological polar surface area (TPSA) is 58.7 Å². The zero-order valence-corrected chi connectivity index (χ0v) is 16.3. The molecule has 0 bridgehead atoms. The number of hydrogen-bond acceptors (Lipinski definition) is 5. The molecule has 0 aliphatic carbocycles. The van der Waals surface area contributed by atoms with E-state index in [0.717, 1.165) is 32.7 Å². The van der Waals surface area contributed by atoms with Gasteiger partial charge in [0.2, 0.25) is 5.91 Å². The van der Waals surface area contributed by atoms with Crippen LogP contribution in [0.15, 0.2) is 44.9 Å². The first-order chi connectivity index (χ1) is 13.1. The van der Waals surface area contributed by atoms with Crippen molar-refractivity contribution in [1.29, 1.82) is 0 Å². The van der Waals surface area contributed by atoms with Crippen LogP contribution in [0.5, 0.6) is 0 Å². The molecule has 0 saturated carbocycles. The zero-order chi connectivity index (χ0) is 18.8. The lowest BCUT2D eigenvalue weighted by Gasteiger charge is -2.34. The maximum Gasteiger partial charge on any atom is 0.419 e. The molecule has 3 aromatic rings. The van der Waals surface area contributed by atoms with Gasteiger partial charge >= 0.3 is 5.76 Å². The third-order valence-electron chi connectivity index (χ3n) is 4.86. The van der Waals surface area contributed by atoms with E-state index in [1.165, 1.54) is 9.44 Å². The Bertz CT molecular complexity index is 987. The van der Waals surface area contributed by atoms with E-state index < -0.39 is 5.76 Å². The lowest BCUT2D eigenvalue weighted by atomic mass is 10.2. The molecule has 3 heterocycles. The Morgan fingerprint density at radius 1 is 1.19 bits per heavy atom. The van der Waals surface area contributed by atoms with E-state index in [1.54, 1.807) is 29.5 Å². The van der Waals surface area contributed by atoms with Crippen LogP contribution in [-0.4, -0.2) is 46.5 Å². The highest BCUT2D eigenvalue weighted by Gasteiger charge is 2.21. The van der Waals surface area contributed by atoms with Crippen molar-refractivity contribution < 1.29 is 9.21 Å². The third kappa shape index (κ3) is 4.10. The number of thiophene rings is 1. The highest BCUT2D eigenvalue weighted by molar-refractivity contribution is 7.09. The molecule has 0 spiro atoms. The van der Waals surface area contributed by atoms with Crippen LogP contribution in [0.4, 0.5) is 0 Å². The molecule has 1 aliphatic heterocycles. The quantitative estimate of drug-likeness (QED) is 0.654. The van der Waals surface area contributed by atoms with Gasteiger partial charge < -0.3 is 9.32 Å². The first-order valence-electron chi connectivity index (χ1n) is 8.91. The van der Waals surface area contributed by atoms with Crippen LogP contribution in [0.2, 0.25) is 5.02 Å². The average Bonchev–Trinajstić information content (AvgIpc) is 3.27. The summed E-state index contributed by atoms with van der Waals surface area (Å²) in [6, 6.07) is 9.28. The fourth-order valence-electron chi connectivity index (χ4n) is 3.40. The highest BCUT2D eigenvalue weighted by Crippen LogP contribution is 2.19. The van der Waals surface area contributed by atoms with Crippen molar-refractivity contribution in [2.75, 3.05) is 26.2 Å². The van der Waals surface area contributed by atoms with E-state index in [-0.39, 0.29) is 12.3 Å². The molecule has 4 rings (SSSR count). The van der Waals surface area contributed by atoms with Crippen LogP contribution in [-0.2, 0) is 17.9 Å². The minimum atomic E-state index is -0.458. The summed E-state index contributed by atoms with van der Waals surface area (Å²) in [6.07, 6.45) is 0.280. The van der Waals surface area contributed by atoms with E-state index in [4.69, 9.17) is 16.0 Å². The maximum atomic E-state index is 12.6. The van der Waals surface area contributed by atoms with Gasteiger partial charge in [0.15, 0.2) is 5.58 Å². The third-order valence-corrected chi connectivity index (χ3v) is 5.96. The van der Waals surface area contributed by atoms with Gasteiger partial charge in [-0.1, -0.05) is 17.7 Å². The molecule has 2 aromatic heterocycles. The lowest BCUT2D eigenvalue weighted by molar-refractivity contribution is -0.133. The van der Waals surface area contributed by atoms with Crippen LogP contribution in [0.25, 0.3) is 11.1 Å². The fourth-order valence-corrected chi connectivity index (χ4v) is 4.30. The lowest BCUT2D eigenvalue weighted by Crippen LogP contribution is -2.48. The molecule has 0 N–H and O–H groups in total. The molecular weight excluding hydrogens is 386 g/mol. The van der Waals surface area contributed by atoms with E-state index in [1.807, 2.05) is 4.90 Å². The Labute approximate surface area is 165 Å². The molecule has 0 radical (unpaired) electrons. The summed E-state index contributed by atoms with van der Waals surface area (Å²) in [5.74, 6) is -0.387. The summed E-state index contributed by atoms with van der Waals surface area (Å²) < 4.78 is 6.71. The summed E-state index contributed by atoms with van der Waals surface area (Å²) in [7, 11) is 0. The Kier molecular flexibility index (Phi) is 5.33. The first-order valence-corrected chi connectivity index (χ1v) is 10.2. The number of benzene rings is 1. The number of hydrogen-bond donors (Lipinski definition) is 0. The Morgan fingerprint density at radius 2 is 2.00 bits per heavy atom. The van der Waals surface area contributed by atoms with Crippen molar-refractivity contribution in [3.8, 4) is 0 Å². The molecule has 1 aliphatic rings. The van der Waals surface area contributed by atoms with Crippen LogP contribution >= 0.6 is 22.9 Å². The molecule has 142 valence electrons. The summed E-state index contributed by atoms with van der Waals surface area (Å²) >= 11 is 7.69. The number of halogens is 1. The number of oxazole rings is 1. The second-order valence-corrected chi connectivity index (χ2v) is 8.09. The summed E-state index contributed by atoms with van der Waals surface area (Å²) in [5, 5.41) is 2.60. The Morgan fingerprint density at radius 3 is 2.74 bits per heavy atom. The van der Waals surface area contributed by atoms with Crippen molar-refractivity contribution in [3.63, 3.8) is 0 Å². The number of rotatable bonds is 5. The number of carbonyl (C=O) groups is 1. The van der Waals surface area contributed by atoms with Crippen LogP contribution in [0.1, 0.15) is 11.3 Å².